The van der Waals surface area contributed by atoms with E-state index in [4.69, 9.17) is 34.0 Å². The van der Waals surface area contributed by atoms with Crippen molar-refractivity contribution in [3.8, 4) is 11.5 Å². The van der Waals surface area contributed by atoms with Gasteiger partial charge in [0.1, 0.15) is 12.2 Å². The molecule has 0 aromatic heterocycles. The fraction of sp³-hybridized carbons (Fsp3) is 0.391. The molecule has 1 aliphatic rings. The maximum atomic E-state index is 9.10. The average molecular weight is 431 g/mol. The van der Waals surface area contributed by atoms with Crippen molar-refractivity contribution >= 4 is 11.9 Å². The molecule has 2 N–H and O–H groups in total. The largest absolute Gasteiger partial charge is 0.490 e. The molecule has 1 heterocycles. The van der Waals surface area contributed by atoms with Gasteiger partial charge in [-0.3, -0.25) is 4.90 Å². The second-order valence-electron chi connectivity index (χ2n) is 7.11. The number of methoxy groups -OCH3 is 1. The van der Waals surface area contributed by atoms with Crippen LogP contribution in [0.5, 0.6) is 11.5 Å². The van der Waals surface area contributed by atoms with E-state index in [0.717, 1.165) is 37.6 Å². The second kappa shape index (κ2) is 11.9. The number of para-hydroxylation sites is 2. The topological polar surface area (TPSA) is 106 Å². The van der Waals surface area contributed by atoms with E-state index in [1.807, 2.05) is 31.2 Å². The van der Waals surface area contributed by atoms with Gasteiger partial charge in [0.2, 0.25) is 0 Å². The number of carbonyl (C=O) groups is 2. The molecule has 2 aromatic rings. The molecule has 8 heteroatoms. The Morgan fingerprint density at radius 1 is 0.968 bits per heavy atom. The predicted molar refractivity (Wildman–Crippen MR) is 114 cm³/mol. The van der Waals surface area contributed by atoms with E-state index in [-0.39, 0.29) is 5.60 Å². The molecule has 0 saturated carbocycles. The van der Waals surface area contributed by atoms with Crippen molar-refractivity contribution in [2.45, 2.75) is 25.5 Å². The van der Waals surface area contributed by atoms with Gasteiger partial charge in [-0.25, -0.2) is 9.59 Å². The zero-order valence-corrected chi connectivity index (χ0v) is 17.8. The molecule has 2 aromatic carbocycles. The lowest BCUT2D eigenvalue weighted by molar-refractivity contribution is -0.159. The molecule has 0 aliphatic carbocycles. The van der Waals surface area contributed by atoms with Gasteiger partial charge in [0.05, 0.1) is 6.61 Å². The summed E-state index contributed by atoms with van der Waals surface area (Å²) in [5.74, 6) is -2.08. The van der Waals surface area contributed by atoms with E-state index < -0.39 is 11.9 Å². The minimum absolute atomic E-state index is 0.270. The van der Waals surface area contributed by atoms with Crippen LogP contribution < -0.4 is 9.47 Å². The number of aliphatic carboxylic acids is 2. The van der Waals surface area contributed by atoms with Crippen LogP contribution in [0.15, 0.2) is 54.6 Å². The summed E-state index contributed by atoms with van der Waals surface area (Å²) >= 11 is 0. The minimum atomic E-state index is -1.82. The number of hydrogen-bond acceptors (Lipinski definition) is 6. The standard InChI is InChI=1S/C21H27NO3.C2H2O4/c1-3-24-19-11-7-8-12-20(19)25-17-21(23-2)13-14-22(16-21)15-18-9-5-4-6-10-18;3-1(4)2(5)6/h4-12H,3,13-17H2,1-2H3;(H,3,4)(H,5,6). The van der Waals surface area contributed by atoms with Gasteiger partial charge in [0.15, 0.2) is 11.5 Å². The number of carboxylic acids is 2. The third kappa shape index (κ3) is 7.58. The van der Waals surface area contributed by atoms with Gasteiger partial charge in [-0.15, -0.1) is 0 Å². The number of benzene rings is 2. The fourth-order valence-electron chi connectivity index (χ4n) is 3.30. The van der Waals surface area contributed by atoms with E-state index in [1.54, 1.807) is 7.11 Å². The van der Waals surface area contributed by atoms with Crippen LogP contribution in [0, 0.1) is 0 Å². The number of hydrogen-bond donors (Lipinski definition) is 2. The van der Waals surface area contributed by atoms with Crippen molar-refractivity contribution < 1.29 is 34.0 Å². The third-order valence-corrected chi connectivity index (χ3v) is 4.90. The van der Waals surface area contributed by atoms with E-state index in [9.17, 15) is 0 Å². The Morgan fingerprint density at radius 3 is 2.10 bits per heavy atom. The van der Waals surface area contributed by atoms with Gasteiger partial charge >= 0.3 is 11.9 Å². The van der Waals surface area contributed by atoms with Crippen molar-refractivity contribution in [2.75, 3.05) is 33.4 Å². The number of rotatable bonds is 8. The SMILES string of the molecule is CCOc1ccccc1OCC1(OC)CCN(Cc2ccccc2)C1.O=C(O)C(=O)O. The quantitative estimate of drug-likeness (QED) is 0.615. The van der Waals surface area contributed by atoms with Crippen LogP contribution in [0.4, 0.5) is 0 Å². The molecular weight excluding hydrogens is 402 g/mol. The summed E-state index contributed by atoms with van der Waals surface area (Å²) in [6.07, 6.45) is 0.965. The highest BCUT2D eigenvalue weighted by atomic mass is 16.6. The Bertz CT molecular complexity index is 831. The molecule has 1 unspecified atom stereocenters. The van der Waals surface area contributed by atoms with Crippen molar-refractivity contribution in [3.05, 3.63) is 60.2 Å². The maximum absolute atomic E-state index is 9.10. The van der Waals surface area contributed by atoms with Crippen molar-refractivity contribution in [1.82, 2.24) is 4.90 Å². The van der Waals surface area contributed by atoms with Gasteiger partial charge in [-0.05, 0) is 31.0 Å². The first kappa shape index (κ1) is 24.2. The van der Waals surface area contributed by atoms with Crippen LogP contribution in [0.3, 0.4) is 0 Å². The first-order valence-corrected chi connectivity index (χ1v) is 10.0. The van der Waals surface area contributed by atoms with Gasteiger partial charge < -0.3 is 24.4 Å². The molecule has 1 fully saturated rings. The lowest BCUT2D eigenvalue weighted by Crippen LogP contribution is -2.41. The second-order valence-corrected chi connectivity index (χ2v) is 7.11. The maximum Gasteiger partial charge on any atom is 0.414 e. The number of ether oxygens (including phenoxy) is 3. The molecule has 0 spiro atoms. The smallest absolute Gasteiger partial charge is 0.414 e. The zero-order chi connectivity index (χ0) is 22.7. The van der Waals surface area contributed by atoms with Gasteiger partial charge in [-0.2, -0.15) is 0 Å². The lowest BCUT2D eigenvalue weighted by Gasteiger charge is -2.28. The van der Waals surface area contributed by atoms with Crippen LogP contribution in [0.2, 0.25) is 0 Å². The summed E-state index contributed by atoms with van der Waals surface area (Å²) in [7, 11) is 1.78. The van der Waals surface area contributed by atoms with Crippen molar-refractivity contribution in [3.63, 3.8) is 0 Å². The molecule has 1 aliphatic heterocycles. The fourth-order valence-corrected chi connectivity index (χ4v) is 3.30. The number of carboxylic acid groups (broad SMARTS) is 2. The molecular formula is C23H29NO7. The van der Waals surface area contributed by atoms with E-state index >= 15 is 0 Å². The lowest BCUT2D eigenvalue weighted by atomic mass is 10.0. The summed E-state index contributed by atoms with van der Waals surface area (Å²) in [6, 6.07) is 18.4. The normalized spacial score (nSPS) is 18.0. The van der Waals surface area contributed by atoms with Crippen molar-refractivity contribution in [1.29, 1.82) is 0 Å². The molecule has 31 heavy (non-hydrogen) atoms. The Balaban J connectivity index is 0.000000501. The molecule has 0 amide bonds. The molecule has 3 rings (SSSR count). The minimum Gasteiger partial charge on any atom is -0.490 e. The van der Waals surface area contributed by atoms with Crippen LogP contribution >= 0.6 is 0 Å². The monoisotopic (exact) mass is 431 g/mol. The zero-order valence-electron chi connectivity index (χ0n) is 17.8. The summed E-state index contributed by atoms with van der Waals surface area (Å²) in [5, 5.41) is 14.8. The Morgan fingerprint density at radius 2 is 1.55 bits per heavy atom. The first-order valence-electron chi connectivity index (χ1n) is 10.0. The van der Waals surface area contributed by atoms with Gasteiger partial charge in [0, 0.05) is 26.7 Å². The molecule has 0 radical (unpaired) electrons. The highest BCUT2D eigenvalue weighted by molar-refractivity contribution is 6.27. The van der Waals surface area contributed by atoms with Gasteiger partial charge in [0.25, 0.3) is 0 Å². The van der Waals surface area contributed by atoms with E-state index in [1.165, 1.54) is 5.56 Å². The van der Waals surface area contributed by atoms with Crippen LogP contribution in [-0.2, 0) is 20.9 Å². The van der Waals surface area contributed by atoms with Crippen LogP contribution in [0.1, 0.15) is 18.9 Å². The summed E-state index contributed by atoms with van der Waals surface area (Å²) < 4.78 is 17.6. The Labute approximate surface area is 182 Å². The number of likely N-dealkylation sites (tertiary alicyclic amines) is 1. The third-order valence-electron chi connectivity index (χ3n) is 4.90. The highest BCUT2D eigenvalue weighted by Gasteiger charge is 2.39. The predicted octanol–water partition coefficient (Wildman–Crippen LogP) is 2.91. The Hall–Kier alpha value is -3.10. The molecule has 1 atom stereocenters. The highest BCUT2D eigenvalue weighted by Crippen LogP contribution is 2.31. The van der Waals surface area contributed by atoms with E-state index in [0.29, 0.717) is 13.2 Å². The van der Waals surface area contributed by atoms with Gasteiger partial charge in [-0.1, -0.05) is 42.5 Å². The van der Waals surface area contributed by atoms with Crippen LogP contribution in [0.25, 0.3) is 0 Å². The van der Waals surface area contributed by atoms with E-state index in [2.05, 4.69) is 35.2 Å². The number of nitrogens with zero attached hydrogens (tertiary/aromatic N) is 1. The molecule has 168 valence electrons. The molecule has 8 nitrogen and oxygen atoms in total. The van der Waals surface area contributed by atoms with Crippen LogP contribution in [-0.4, -0.2) is 66.1 Å². The first-order chi connectivity index (χ1) is 14.9. The summed E-state index contributed by atoms with van der Waals surface area (Å²) in [6.45, 7) is 5.96. The Kier molecular flexibility index (Phi) is 9.30. The average Bonchev–Trinajstić information content (AvgIpc) is 3.18. The van der Waals surface area contributed by atoms with Crippen molar-refractivity contribution in [2.24, 2.45) is 0 Å². The summed E-state index contributed by atoms with van der Waals surface area (Å²) in [5.41, 5.74) is 1.06. The molecule has 1 saturated heterocycles. The summed E-state index contributed by atoms with van der Waals surface area (Å²) in [4.78, 5) is 20.6. The molecule has 0 bridgehead atoms.